The minimum absolute atomic E-state index is 0.101. The van der Waals surface area contributed by atoms with Crippen LogP contribution in [0.3, 0.4) is 0 Å². The Bertz CT molecular complexity index is 1710. The van der Waals surface area contributed by atoms with Crippen LogP contribution in [0.25, 0.3) is 11.3 Å². The van der Waals surface area contributed by atoms with Gasteiger partial charge in [0.15, 0.2) is 0 Å². The first-order valence-electron chi connectivity index (χ1n) is 15.2. The van der Waals surface area contributed by atoms with Gasteiger partial charge < -0.3 is 14.5 Å². The van der Waals surface area contributed by atoms with Gasteiger partial charge in [-0.3, -0.25) is 0 Å². The van der Waals surface area contributed by atoms with Crippen LogP contribution >= 0.6 is 11.6 Å². The smallest absolute Gasteiger partial charge is 0.408 e. The van der Waals surface area contributed by atoms with Crippen molar-refractivity contribution >= 4 is 36.4 Å². The zero-order valence-corrected chi connectivity index (χ0v) is 28.2. The van der Waals surface area contributed by atoms with Crippen molar-refractivity contribution in [3.05, 3.63) is 149 Å². The molecule has 0 aliphatic rings. The van der Waals surface area contributed by atoms with Crippen LogP contribution in [-0.4, -0.2) is 26.0 Å². The molecule has 1 unspecified atom stereocenters. The Morgan fingerprint density at radius 1 is 0.804 bits per heavy atom. The van der Waals surface area contributed by atoms with Gasteiger partial charge in [-0.15, -0.1) is 0 Å². The first-order valence-corrected chi connectivity index (χ1v) is 17.5. The van der Waals surface area contributed by atoms with Crippen LogP contribution in [0.2, 0.25) is 10.2 Å². The number of hydrogen-bond donors (Lipinski definition) is 1. The van der Waals surface area contributed by atoms with Gasteiger partial charge in [0.05, 0.1) is 17.8 Å². The second-order valence-electron chi connectivity index (χ2n) is 12.5. The maximum Gasteiger partial charge on any atom is 0.408 e. The highest BCUT2D eigenvalue weighted by Crippen LogP contribution is 2.38. The molecule has 5 nitrogen and oxygen atoms in total. The highest BCUT2D eigenvalue weighted by atomic mass is 35.5. The Morgan fingerprint density at radius 2 is 1.35 bits per heavy atom. The lowest BCUT2D eigenvalue weighted by Crippen LogP contribution is -2.68. The number of nitrogens with zero attached hydrogens (tertiary/aromatic N) is 1. The molecule has 1 aromatic heterocycles. The molecule has 1 N–H and O–H groups in total. The van der Waals surface area contributed by atoms with E-state index in [1.807, 2.05) is 79.7 Å². The number of nitrogens with one attached hydrogen (secondary N) is 1. The number of benzene rings is 4. The van der Waals surface area contributed by atoms with Gasteiger partial charge in [-0.2, -0.15) is 0 Å². The van der Waals surface area contributed by atoms with Gasteiger partial charge in [0.1, 0.15) is 17.6 Å². The predicted molar refractivity (Wildman–Crippen MR) is 185 cm³/mol. The molecule has 46 heavy (non-hydrogen) atoms. The number of rotatable bonds is 10. The summed E-state index contributed by atoms with van der Waals surface area (Å²) in [5, 5.41) is 5.28. The van der Waals surface area contributed by atoms with Crippen LogP contribution in [0.1, 0.15) is 38.8 Å². The van der Waals surface area contributed by atoms with E-state index in [1.54, 1.807) is 18.2 Å². The van der Waals surface area contributed by atoms with Gasteiger partial charge in [0, 0.05) is 5.56 Å². The molecule has 0 saturated carbocycles. The van der Waals surface area contributed by atoms with Crippen molar-refractivity contribution in [3.8, 4) is 11.3 Å². The lowest BCUT2D eigenvalue weighted by Gasteiger charge is -2.45. The van der Waals surface area contributed by atoms with Crippen molar-refractivity contribution in [3.63, 3.8) is 0 Å². The van der Waals surface area contributed by atoms with Gasteiger partial charge in [-0.25, -0.2) is 14.2 Å². The van der Waals surface area contributed by atoms with E-state index in [9.17, 15) is 9.18 Å². The Hall–Kier alpha value is -4.30. The number of amides is 1. The number of halogens is 2. The highest BCUT2D eigenvalue weighted by Gasteiger charge is 2.51. The normalized spacial score (nSPS) is 13.1. The summed E-state index contributed by atoms with van der Waals surface area (Å²) in [5.41, 5.74) is 1.66. The van der Waals surface area contributed by atoms with Gasteiger partial charge in [0.2, 0.25) is 0 Å². The predicted octanol–water partition coefficient (Wildman–Crippen LogP) is 8.26. The molecule has 0 spiro atoms. The van der Waals surface area contributed by atoms with E-state index in [2.05, 4.69) is 55.3 Å². The second-order valence-corrected chi connectivity index (χ2v) is 17.2. The van der Waals surface area contributed by atoms with Crippen molar-refractivity contribution < 1.29 is 18.3 Å². The van der Waals surface area contributed by atoms with Crippen molar-refractivity contribution in [2.45, 2.75) is 44.9 Å². The Labute approximate surface area is 276 Å². The highest BCUT2D eigenvalue weighted by molar-refractivity contribution is 6.99. The molecule has 5 aromatic rings. The minimum atomic E-state index is -2.99. The molecule has 0 saturated heterocycles. The summed E-state index contributed by atoms with van der Waals surface area (Å²) < 4.78 is 26.8. The van der Waals surface area contributed by atoms with Gasteiger partial charge in [0.25, 0.3) is 8.32 Å². The van der Waals surface area contributed by atoms with Crippen molar-refractivity contribution in [1.29, 1.82) is 0 Å². The van der Waals surface area contributed by atoms with Crippen LogP contribution in [0, 0.1) is 5.82 Å². The van der Waals surface area contributed by atoms with Crippen LogP contribution in [0.4, 0.5) is 9.18 Å². The SMILES string of the molecule is CC(CO[Si](c1ccccc1)(c1ccccc1)C(C)(C)C)(NC(=O)OCc1ccccc1)c1cc(Cl)nc(-c2ccc(F)cc2)c1. The van der Waals surface area contributed by atoms with E-state index in [4.69, 9.17) is 20.8 Å². The molecule has 0 aliphatic carbocycles. The second kappa shape index (κ2) is 14.0. The zero-order valence-electron chi connectivity index (χ0n) is 26.5. The molecule has 0 aliphatic heterocycles. The summed E-state index contributed by atoms with van der Waals surface area (Å²) in [6, 6.07) is 39.8. The first-order chi connectivity index (χ1) is 22.0. The fourth-order valence-electron chi connectivity index (χ4n) is 5.77. The molecule has 4 aromatic carbocycles. The lowest BCUT2D eigenvalue weighted by molar-refractivity contribution is 0.113. The molecular formula is C38H38ClFN2O3Si. The Kier molecular flexibility index (Phi) is 10.1. The van der Waals surface area contributed by atoms with Crippen molar-refractivity contribution in [1.82, 2.24) is 10.3 Å². The summed E-state index contributed by atoms with van der Waals surface area (Å²) in [5.74, 6) is -0.350. The molecule has 1 atom stereocenters. The largest absolute Gasteiger partial charge is 0.445 e. The van der Waals surface area contributed by atoms with Gasteiger partial charge >= 0.3 is 6.09 Å². The fraction of sp³-hybridized carbons (Fsp3) is 0.211. The summed E-state index contributed by atoms with van der Waals surface area (Å²) in [7, 11) is -2.99. The van der Waals surface area contributed by atoms with Gasteiger partial charge in [-0.05, 0) is 69.9 Å². The summed E-state index contributed by atoms with van der Waals surface area (Å²) >= 11 is 6.61. The Morgan fingerprint density at radius 3 is 1.89 bits per heavy atom. The summed E-state index contributed by atoms with van der Waals surface area (Å²) in [6.45, 7) is 8.71. The van der Waals surface area contributed by atoms with E-state index < -0.39 is 19.9 Å². The zero-order chi connectivity index (χ0) is 32.8. The average Bonchev–Trinajstić information content (AvgIpc) is 3.05. The molecule has 0 bridgehead atoms. The monoisotopic (exact) mass is 652 g/mol. The number of hydrogen-bond acceptors (Lipinski definition) is 4. The number of carbonyl (C=O) groups is 1. The third-order valence-corrected chi connectivity index (χ3v) is 13.3. The van der Waals surface area contributed by atoms with E-state index >= 15 is 0 Å². The molecule has 1 heterocycles. The van der Waals surface area contributed by atoms with Crippen LogP contribution in [-0.2, 0) is 21.3 Å². The topological polar surface area (TPSA) is 60.5 Å². The fourth-order valence-corrected chi connectivity index (χ4v) is 10.6. The number of ether oxygens (including phenoxy) is 1. The lowest BCUT2D eigenvalue weighted by atomic mass is 9.92. The molecule has 8 heteroatoms. The third-order valence-electron chi connectivity index (χ3n) is 8.16. The third kappa shape index (κ3) is 7.39. The number of carbonyl (C=O) groups excluding carboxylic acids is 1. The van der Waals surface area contributed by atoms with Crippen LogP contribution in [0.15, 0.2) is 127 Å². The molecule has 1 amide bonds. The molecular weight excluding hydrogens is 615 g/mol. The number of aromatic nitrogens is 1. The summed E-state index contributed by atoms with van der Waals surface area (Å²) in [6.07, 6.45) is -0.603. The number of pyridine rings is 1. The Balaban J connectivity index is 1.58. The maximum atomic E-state index is 13.8. The molecule has 5 rings (SSSR count). The molecule has 0 fully saturated rings. The van der Waals surface area contributed by atoms with E-state index in [0.29, 0.717) is 16.8 Å². The average molecular weight is 653 g/mol. The van der Waals surface area contributed by atoms with Gasteiger partial charge in [-0.1, -0.05) is 123 Å². The van der Waals surface area contributed by atoms with E-state index in [0.717, 1.165) is 15.9 Å². The quantitative estimate of drug-likeness (QED) is 0.122. The van der Waals surface area contributed by atoms with E-state index in [-0.39, 0.29) is 29.2 Å². The minimum Gasteiger partial charge on any atom is -0.445 e. The number of alkyl carbamates (subject to hydrolysis) is 1. The standard InChI is InChI=1S/C38H38ClFN2O3Si/c1-37(2,3)46(32-16-10-6-11-17-32,33-18-12-7-13-19-33)45-27-38(4,42-36(43)44-26-28-14-8-5-9-15-28)30-24-34(41-35(39)25-30)29-20-22-31(40)23-21-29/h5-25H,26-27H2,1-4H3,(H,42,43). The molecule has 236 valence electrons. The van der Waals surface area contributed by atoms with Crippen molar-refractivity contribution in [2.75, 3.05) is 6.61 Å². The van der Waals surface area contributed by atoms with Crippen LogP contribution < -0.4 is 15.7 Å². The van der Waals surface area contributed by atoms with Crippen molar-refractivity contribution in [2.24, 2.45) is 0 Å². The van der Waals surface area contributed by atoms with E-state index in [1.165, 1.54) is 12.1 Å². The molecule has 0 radical (unpaired) electrons. The first kappa shape index (κ1) is 33.1. The summed E-state index contributed by atoms with van der Waals surface area (Å²) in [4.78, 5) is 18.0. The maximum absolute atomic E-state index is 13.8. The van der Waals surface area contributed by atoms with Crippen LogP contribution in [0.5, 0.6) is 0 Å².